The fraction of sp³-hybridized carbons (Fsp3) is 0.250. The third-order valence-corrected chi connectivity index (χ3v) is 4.59. The van der Waals surface area contributed by atoms with Gasteiger partial charge >= 0.3 is 0 Å². The normalized spacial score (nSPS) is 14.2. The molecule has 1 aliphatic rings. The maximum atomic E-state index is 5.44. The summed E-state index contributed by atoms with van der Waals surface area (Å²) in [6.07, 6.45) is 0. The zero-order valence-corrected chi connectivity index (χ0v) is 14.7. The van der Waals surface area contributed by atoms with Gasteiger partial charge in [0, 0.05) is 17.1 Å². The smallest absolute Gasteiger partial charge is 0.231 e. The second-order valence-corrected chi connectivity index (χ2v) is 6.74. The van der Waals surface area contributed by atoms with E-state index >= 15 is 0 Å². The van der Waals surface area contributed by atoms with Crippen molar-refractivity contribution in [3.05, 3.63) is 56.5 Å². The molecule has 3 rings (SSSR count). The first-order valence-corrected chi connectivity index (χ1v) is 8.29. The summed E-state index contributed by atoms with van der Waals surface area (Å²) in [4.78, 5) is 0. The van der Waals surface area contributed by atoms with Gasteiger partial charge in [0.05, 0.1) is 4.47 Å². The van der Waals surface area contributed by atoms with Gasteiger partial charge in [0.2, 0.25) is 6.79 Å². The fourth-order valence-electron chi connectivity index (χ4n) is 2.26. The summed E-state index contributed by atoms with van der Waals surface area (Å²) in [6, 6.07) is 12.7. The van der Waals surface area contributed by atoms with Crippen LogP contribution in [0.5, 0.6) is 11.5 Å². The average Bonchev–Trinajstić information content (AvgIpc) is 2.94. The van der Waals surface area contributed by atoms with E-state index in [0.29, 0.717) is 6.79 Å². The SMILES string of the molecule is C[C@@H](NCc1cc(Br)c2c(c1)OCO2)c1ccc(Br)cc1. The fourth-order valence-corrected chi connectivity index (χ4v) is 3.13. The minimum Gasteiger partial charge on any atom is -0.454 e. The van der Waals surface area contributed by atoms with Crippen LogP contribution < -0.4 is 14.8 Å². The van der Waals surface area contributed by atoms with Gasteiger partial charge in [-0.05, 0) is 58.2 Å². The Morgan fingerprint density at radius 2 is 1.90 bits per heavy atom. The molecule has 110 valence electrons. The summed E-state index contributed by atoms with van der Waals surface area (Å²) < 4.78 is 12.9. The molecule has 21 heavy (non-hydrogen) atoms. The molecule has 0 fully saturated rings. The van der Waals surface area contributed by atoms with Crippen LogP contribution in [-0.2, 0) is 6.54 Å². The Balaban J connectivity index is 1.67. The van der Waals surface area contributed by atoms with Gasteiger partial charge in [-0.25, -0.2) is 0 Å². The Morgan fingerprint density at radius 3 is 2.67 bits per heavy atom. The first kappa shape index (κ1) is 14.9. The highest BCUT2D eigenvalue weighted by Gasteiger charge is 2.18. The molecule has 0 aliphatic carbocycles. The predicted octanol–water partition coefficient (Wildman–Crippen LogP) is 4.79. The third kappa shape index (κ3) is 3.42. The topological polar surface area (TPSA) is 30.5 Å². The van der Waals surface area contributed by atoms with Gasteiger partial charge in [-0.2, -0.15) is 0 Å². The Hall–Kier alpha value is -1.04. The standard InChI is InChI=1S/C16H15Br2NO2/c1-10(12-2-4-13(17)5-3-12)19-8-11-6-14(18)16-15(7-11)20-9-21-16/h2-7,10,19H,8-9H2,1H3/t10-/m1/s1. The van der Waals surface area contributed by atoms with E-state index in [4.69, 9.17) is 9.47 Å². The van der Waals surface area contributed by atoms with Crippen LogP contribution in [-0.4, -0.2) is 6.79 Å². The van der Waals surface area contributed by atoms with Crippen LogP contribution in [0.2, 0.25) is 0 Å². The van der Waals surface area contributed by atoms with Crippen molar-refractivity contribution in [1.82, 2.24) is 5.32 Å². The van der Waals surface area contributed by atoms with Crippen molar-refractivity contribution in [3.63, 3.8) is 0 Å². The van der Waals surface area contributed by atoms with Gasteiger partial charge in [0.15, 0.2) is 11.5 Å². The average molecular weight is 413 g/mol. The molecule has 3 nitrogen and oxygen atoms in total. The van der Waals surface area contributed by atoms with E-state index in [2.05, 4.69) is 74.4 Å². The van der Waals surface area contributed by atoms with Gasteiger partial charge in [0.1, 0.15) is 0 Å². The van der Waals surface area contributed by atoms with E-state index in [1.807, 2.05) is 6.07 Å². The number of benzene rings is 2. The van der Waals surface area contributed by atoms with Gasteiger partial charge in [0.25, 0.3) is 0 Å². The number of nitrogens with one attached hydrogen (secondary N) is 1. The van der Waals surface area contributed by atoms with E-state index in [1.54, 1.807) is 0 Å². The monoisotopic (exact) mass is 411 g/mol. The lowest BCUT2D eigenvalue weighted by molar-refractivity contribution is 0.173. The lowest BCUT2D eigenvalue weighted by atomic mass is 10.1. The molecule has 1 aliphatic heterocycles. The summed E-state index contributed by atoms with van der Waals surface area (Å²) in [5.41, 5.74) is 2.42. The van der Waals surface area contributed by atoms with Gasteiger partial charge in [-0.3, -0.25) is 0 Å². The number of hydrogen-bond donors (Lipinski definition) is 1. The van der Waals surface area contributed by atoms with Crippen LogP contribution >= 0.6 is 31.9 Å². The maximum Gasteiger partial charge on any atom is 0.231 e. The van der Waals surface area contributed by atoms with E-state index < -0.39 is 0 Å². The van der Waals surface area contributed by atoms with Gasteiger partial charge in [-0.15, -0.1) is 0 Å². The van der Waals surface area contributed by atoms with Crippen molar-refractivity contribution < 1.29 is 9.47 Å². The van der Waals surface area contributed by atoms with Crippen LogP contribution in [0.1, 0.15) is 24.1 Å². The Kier molecular flexibility index (Phi) is 4.52. The molecule has 1 N–H and O–H groups in total. The zero-order chi connectivity index (χ0) is 14.8. The van der Waals surface area contributed by atoms with Crippen LogP contribution in [0.15, 0.2) is 45.3 Å². The second kappa shape index (κ2) is 6.38. The lowest BCUT2D eigenvalue weighted by Gasteiger charge is -2.15. The van der Waals surface area contributed by atoms with Crippen LogP contribution in [0.4, 0.5) is 0 Å². The Morgan fingerprint density at radius 1 is 1.14 bits per heavy atom. The summed E-state index contributed by atoms with van der Waals surface area (Å²) in [6.45, 7) is 3.22. The summed E-state index contributed by atoms with van der Waals surface area (Å²) in [5, 5.41) is 3.52. The molecule has 2 aromatic rings. The molecule has 0 unspecified atom stereocenters. The van der Waals surface area contributed by atoms with E-state index in [-0.39, 0.29) is 6.04 Å². The molecule has 0 spiro atoms. The quantitative estimate of drug-likeness (QED) is 0.782. The summed E-state index contributed by atoms with van der Waals surface area (Å²) >= 11 is 6.98. The minimum atomic E-state index is 0.280. The largest absolute Gasteiger partial charge is 0.454 e. The molecule has 0 saturated carbocycles. The number of ether oxygens (including phenoxy) is 2. The van der Waals surface area contributed by atoms with Crippen molar-refractivity contribution in [1.29, 1.82) is 0 Å². The molecule has 0 saturated heterocycles. The minimum absolute atomic E-state index is 0.280. The Labute approximate surface area is 140 Å². The number of hydrogen-bond acceptors (Lipinski definition) is 3. The first-order chi connectivity index (χ1) is 10.1. The summed E-state index contributed by atoms with van der Waals surface area (Å²) in [5.74, 6) is 1.59. The van der Waals surface area contributed by atoms with Crippen molar-refractivity contribution in [3.8, 4) is 11.5 Å². The van der Waals surface area contributed by atoms with Crippen molar-refractivity contribution in [2.24, 2.45) is 0 Å². The molecule has 0 radical (unpaired) electrons. The first-order valence-electron chi connectivity index (χ1n) is 6.70. The number of halogens is 2. The molecule has 0 aromatic heterocycles. The van der Waals surface area contributed by atoms with Crippen LogP contribution in [0.3, 0.4) is 0 Å². The van der Waals surface area contributed by atoms with Gasteiger partial charge in [-0.1, -0.05) is 28.1 Å². The molecule has 0 amide bonds. The highest BCUT2D eigenvalue weighted by atomic mass is 79.9. The van der Waals surface area contributed by atoms with Crippen LogP contribution in [0.25, 0.3) is 0 Å². The van der Waals surface area contributed by atoms with Crippen molar-refractivity contribution >= 4 is 31.9 Å². The molecule has 0 bridgehead atoms. The second-order valence-electron chi connectivity index (χ2n) is 4.97. The predicted molar refractivity (Wildman–Crippen MR) is 89.7 cm³/mol. The molecular weight excluding hydrogens is 398 g/mol. The molecule has 5 heteroatoms. The molecule has 1 atom stereocenters. The van der Waals surface area contributed by atoms with E-state index in [0.717, 1.165) is 32.6 Å². The van der Waals surface area contributed by atoms with E-state index in [1.165, 1.54) is 5.56 Å². The van der Waals surface area contributed by atoms with Crippen molar-refractivity contribution in [2.75, 3.05) is 6.79 Å². The molecule has 1 heterocycles. The lowest BCUT2D eigenvalue weighted by Crippen LogP contribution is -2.18. The maximum absolute atomic E-state index is 5.44. The summed E-state index contributed by atoms with van der Waals surface area (Å²) in [7, 11) is 0. The van der Waals surface area contributed by atoms with Crippen molar-refractivity contribution in [2.45, 2.75) is 19.5 Å². The number of rotatable bonds is 4. The highest BCUT2D eigenvalue weighted by molar-refractivity contribution is 9.10. The van der Waals surface area contributed by atoms with E-state index in [9.17, 15) is 0 Å². The molecular formula is C16H15Br2NO2. The Bertz CT molecular complexity index is 643. The van der Waals surface area contributed by atoms with Crippen LogP contribution in [0, 0.1) is 0 Å². The van der Waals surface area contributed by atoms with Gasteiger partial charge < -0.3 is 14.8 Å². The number of fused-ring (bicyclic) bond motifs is 1. The third-order valence-electron chi connectivity index (χ3n) is 3.47. The zero-order valence-electron chi connectivity index (χ0n) is 11.5. The molecule has 2 aromatic carbocycles. The highest BCUT2D eigenvalue weighted by Crippen LogP contribution is 2.40.